The first-order valence-corrected chi connectivity index (χ1v) is 11.7. The predicted molar refractivity (Wildman–Crippen MR) is 132 cm³/mol. The van der Waals surface area contributed by atoms with E-state index in [-0.39, 0.29) is 11.4 Å². The number of rotatable bonds is 10. The van der Waals surface area contributed by atoms with Crippen LogP contribution >= 0.6 is 34.8 Å². The van der Waals surface area contributed by atoms with Crippen LogP contribution in [-0.4, -0.2) is 17.5 Å². The lowest BCUT2D eigenvalue weighted by Gasteiger charge is -2.15. The van der Waals surface area contributed by atoms with Gasteiger partial charge in [0.1, 0.15) is 5.56 Å². The number of ether oxygens (including phenoxy) is 1. The zero-order chi connectivity index (χ0) is 23.1. The summed E-state index contributed by atoms with van der Waals surface area (Å²) in [5.74, 6) is -0.290. The van der Waals surface area contributed by atoms with Gasteiger partial charge in [-0.25, -0.2) is 4.98 Å². The molecule has 2 N–H and O–H groups in total. The Balaban J connectivity index is 1.93. The molecular formula is C25H25Cl3N2O2. The summed E-state index contributed by atoms with van der Waals surface area (Å²) in [4.78, 5) is 16.8. The lowest BCUT2D eigenvalue weighted by Crippen LogP contribution is -2.16. The predicted octanol–water partition coefficient (Wildman–Crippen LogP) is 7.16. The Kier molecular flexibility index (Phi) is 8.80. The van der Waals surface area contributed by atoms with Gasteiger partial charge in [-0.3, -0.25) is 4.79 Å². The van der Waals surface area contributed by atoms with E-state index >= 15 is 0 Å². The van der Waals surface area contributed by atoms with Crippen LogP contribution in [0.25, 0.3) is 11.1 Å². The Morgan fingerprint density at radius 3 is 2.34 bits per heavy atom. The molecule has 0 fully saturated rings. The number of halogens is 3. The topological polar surface area (TPSA) is 65.2 Å². The van der Waals surface area contributed by atoms with Crippen LogP contribution in [0.4, 0.5) is 0 Å². The van der Waals surface area contributed by atoms with Gasteiger partial charge < -0.3 is 10.5 Å². The third-order valence-corrected chi connectivity index (χ3v) is 5.94. The van der Waals surface area contributed by atoms with Gasteiger partial charge in [-0.1, -0.05) is 66.3 Å². The number of nitrogens with zero attached hydrogens (tertiary/aromatic N) is 1. The Labute approximate surface area is 203 Å². The van der Waals surface area contributed by atoms with Crippen molar-refractivity contribution in [2.75, 3.05) is 6.61 Å². The quantitative estimate of drug-likeness (QED) is 0.306. The highest BCUT2D eigenvalue weighted by atomic mass is 35.5. The highest BCUT2D eigenvalue weighted by Gasteiger charge is 2.18. The van der Waals surface area contributed by atoms with Crippen molar-refractivity contribution in [2.24, 2.45) is 5.73 Å². The van der Waals surface area contributed by atoms with Crippen molar-refractivity contribution in [3.05, 3.63) is 80.4 Å². The molecule has 0 bridgehead atoms. The molecule has 168 valence electrons. The number of carbonyl (C=O) groups is 1. The van der Waals surface area contributed by atoms with Gasteiger partial charge >= 0.3 is 0 Å². The average Bonchev–Trinajstić information content (AvgIpc) is 2.76. The number of hydrogen-bond acceptors (Lipinski definition) is 3. The van der Waals surface area contributed by atoms with E-state index in [1.54, 1.807) is 12.1 Å². The molecule has 0 unspecified atom stereocenters. The molecule has 0 saturated carbocycles. The SMILES string of the molecule is CCCCOc1nc(CCCc2ccc(Cl)cc2Cl)c(-c2ccc(Cl)cc2)cc1C(N)=O. The van der Waals surface area contributed by atoms with Gasteiger partial charge in [0.05, 0.1) is 12.3 Å². The van der Waals surface area contributed by atoms with E-state index in [9.17, 15) is 4.79 Å². The Morgan fingerprint density at radius 1 is 0.969 bits per heavy atom. The maximum Gasteiger partial charge on any atom is 0.254 e. The van der Waals surface area contributed by atoms with Crippen LogP contribution < -0.4 is 10.5 Å². The van der Waals surface area contributed by atoms with E-state index in [0.29, 0.717) is 28.1 Å². The lowest BCUT2D eigenvalue weighted by molar-refractivity contribution is 0.0995. The maximum atomic E-state index is 12.1. The molecular weight excluding hydrogens is 467 g/mol. The van der Waals surface area contributed by atoms with Gasteiger partial charge in [-0.2, -0.15) is 0 Å². The summed E-state index contributed by atoms with van der Waals surface area (Å²) in [7, 11) is 0. The largest absolute Gasteiger partial charge is 0.477 e. The molecule has 2 aromatic carbocycles. The van der Waals surface area contributed by atoms with Gasteiger partial charge in [0.2, 0.25) is 5.88 Å². The van der Waals surface area contributed by atoms with E-state index in [1.807, 2.05) is 36.4 Å². The minimum Gasteiger partial charge on any atom is -0.477 e. The van der Waals surface area contributed by atoms with Crippen molar-refractivity contribution in [3.8, 4) is 17.0 Å². The first-order chi connectivity index (χ1) is 15.4. The number of hydrogen-bond donors (Lipinski definition) is 1. The highest BCUT2D eigenvalue weighted by Crippen LogP contribution is 2.31. The van der Waals surface area contributed by atoms with Gasteiger partial charge in [0.25, 0.3) is 5.91 Å². The van der Waals surface area contributed by atoms with E-state index in [2.05, 4.69) is 6.92 Å². The first-order valence-electron chi connectivity index (χ1n) is 10.6. The number of amides is 1. The smallest absolute Gasteiger partial charge is 0.254 e. The zero-order valence-electron chi connectivity index (χ0n) is 17.8. The number of aromatic nitrogens is 1. The molecule has 1 heterocycles. The van der Waals surface area contributed by atoms with Gasteiger partial charge in [0.15, 0.2) is 0 Å². The molecule has 4 nitrogen and oxygen atoms in total. The van der Waals surface area contributed by atoms with Crippen LogP contribution in [0.15, 0.2) is 48.5 Å². The summed E-state index contributed by atoms with van der Waals surface area (Å²) in [6, 6.07) is 14.7. The van der Waals surface area contributed by atoms with E-state index in [4.69, 9.17) is 50.3 Å². The monoisotopic (exact) mass is 490 g/mol. The molecule has 0 radical (unpaired) electrons. The molecule has 0 atom stereocenters. The van der Waals surface area contributed by atoms with Gasteiger partial charge in [-0.15, -0.1) is 0 Å². The number of unbranched alkanes of at least 4 members (excludes halogenated alkanes) is 1. The number of carbonyl (C=O) groups excluding carboxylic acids is 1. The van der Waals surface area contributed by atoms with Crippen LogP contribution in [0.1, 0.15) is 47.8 Å². The van der Waals surface area contributed by atoms with Crippen LogP contribution in [0, 0.1) is 0 Å². The second kappa shape index (κ2) is 11.6. The van der Waals surface area contributed by atoms with Crippen LogP contribution in [0.2, 0.25) is 15.1 Å². The van der Waals surface area contributed by atoms with Gasteiger partial charge in [-0.05, 0) is 67.1 Å². The average molecular weight is 492 g/mol. The molecule has 0 saturated heterocycles. The van der Waals surface area contributed by atoms with Crippen LogP contribution in [-0.2, 0) is 12.8 Å². The molecule has 0 aliphatic heterocycles. The zero-order valence-corrected chi connectivity index (χ0v) is 20.1. The second-order valence-corrected chi connectivity index (χ2v) is 8.78. The summed E-state index contributed by atoms with van der Waals surface area (Å²) in [5.41, 5.74) is 9.51. The van der Waals surface area contributed by atoms with E-state index < -0.39 is 5.91 Å². The molecule has 0 aliphatic carbocycles. The van der Waals surface area contributed by atoms with Crippen molar-refractivity contribution in [1.29, 1.82) is 0 Å². The van der Waals surface area contributed by atoms with Crippen molar-refractivity contribution in [3.63, 3.8) is 0 Å². The lowest BCUT2D eigenvalue weighted by atomic mass is 9.97. The Morgan fingerprint density at radius 2 is 1.69 bits per heavy atom. The molecule has 7 heteroatoms. The summed E-state index contributed by atoms with van der Waals surface area (Å²) in [5, 5.41) is 1.90. The fourth-order valence-electron chi connectivity index (χ4n) is 3.37. The fourth-order valence-corrected chi connectivity index (χ4v) is 4.00. The highest BCUT2D eigenvalue weighted by molar-refractivity contribution is 6.35. The standard InChI is InChI=1S/C25H25Cl3N2O2/c1-2-3-13-32-25-21(24(29)31)15-20(16-7-10-18(26)11-8-16)23(30-25)6-4-5-17-9-12-19(27)14-22(17)28/h7-12,14-15H,2-6,13H2,1H3,(H2,29,31). The van der Waals surface area contributed by atoms with Gasteiger partial charge in [0, 0.05) is 20.6 Å². The Hall–Kier alpha value is -2.27. The molecule has 3 aromatic rings. The van der Waals surface area contributed by atoms with Crippen LogP contribution in [0.5, 0.6) is 5.88 Å². The summed E-state index contributed by atoms with van der Waals surface area (Å²) < 4.78 is 5.82. The number of nitrogens with two attached hydrogens (primary N) is 1. The number of benzene rings is 2. The molecule has 3 rings (SSSR count). The summed E-state index contributed by atoms with van der Waals surface area (Å²) in [6.07, 6.45) is 4.08. The molecule has 1 amide bonds. The molecule has 1 aromatic heterocycles. The minimum atomic E-state index is -0.571. The first kappa shape index (κ1) is 24.4. The molecule has 32 heavy (non-hydrogen) atoms. The fraction of sp³-hybridized carbons (Fsp3) is 0.280. The minimum absolute atomic E-state index is 0.274. The van der Waals surface area contributed by atoms with Crippen molar-refractivity contribution < 1.29 is 9.53 Å². The van der Waals surface area contributed by atoms with E-state index in [1.165, 1.54) is 0 Å². The normalized spacial score (nSPS) is 10.9. The number of primary amides is 1. The summed E-state index contributed by atoms with van der Waals surface area (Å²) >= 11 is 18.4. The van der Waals surface area contributed by atoms with Crippen molar-refractivity contribution >= 4 is 40.7 Å². The Bertz CT molecular complexity index is 1090. The van der Waals surface area contributed by atoms with Crippen molar-refractivity contribution in [2.45, 2.75) is 39.0 Å². The number of pyridine rings is 1. The maximum absolute atomic E-state index is 12.1. The molecule has 0 spiro atoms. The third kappa shape index (κ3) is 6.38. The van der Waals surface area contributed by atoms with Crippen molar-refractivity contribution in [1.82, 2.24) is 4.98 Å². The van der Waals surface area contributed by atoms with Crippen LogP contribution in [0.3, 0.4) is 0 Å². The molecule has 0 aliphatic rings. The number of aryl methyl sites for hydroxylation is 2. The summed E-state index contributed by atoms with van der Waals surface area (Å²) in [6.45, 7) is 2.55. The van der Waals surface area contributed by atoms with E-state index in [0.717, 1.165) is 48.1 Å². The second-order valence-electron chi connectivity index (χ2n) is 7.50. The third-order valence-electron chi connectivity index (χ3n) is 5.10.